The Morgan fingerprint density at radius 2 is 2.25 bits per heavy atom. The van der Waals surface area contributed by atoms with Gasteiger partial charge in [-0.1, -0.05) is 0 Å². The molecule has 0 saturated carbocycles. The Labute approximate surface area is 122 Å². The van der Waals surface area contributed by atoms with Gasteiger partial charge in [-0.15, -0.1) is 11.3 Å². The first-order chi connectivity index (χ1) is 9.40. The number of nitro groups is 1. The molecule has 0 radical (unpaired) electrons. The highest BCUT2D eigenvalue weighted by molar-refractivity contribution is 7.16. The summed E-state index contributed by atoms with van der Waals surface area (Å²) < 4.78 is 0. The van der Waals surface area contributed by atoms with Crippen LogP contribution in [0, 0.1) is 10.1 Å². The third kappa shape index (κ3) is 3.11. The van der Waals surface area contributed by atoms with Crippen molar-refractivity contribution in [2.45, 2.75) is 32.4 Å². The number of aliphatic hydroxyl groups excluding tert-OH is 1. The predicted molar refractivity (Wildman–Crippen MR) is 80.5 cm³/mol. The molecule has 2 heterocycles. The molecule has 0 aromatic carbocycles. The number of hydrogen-bond acceptors (Lipinski definition) is 6. The van der Waals surface area contributed by atoms with Gasteiger partial charge in [-0.05, 0) is 33.9 Å². The minimum absolute atomic E-state index is 0.113. The molecule has 0 amide bonds. The average molecular weight is 299 g/mol. The molecule has 2 rings (SSSR count). The summed E-state index contributed by atoms with van der Waals surface area (Å²) >= 11 is 1.33. The van der Waals surface area contributed by atoms with Gasteiger partial charge < -0.3 is 14.9 Å². The summed E-state index contributed by atoms with van der Waals surface area (Å²) in [6.45, 7) is 6.43. The fraction of sp³-hybridized carbons (Fsp3) is 0.692. The molecule has 0 bridgehead atoms. The monoisotopic (exact) mass is 299 g/mol. The molecule has 6 nitrogen and oxygen atoms in total. The Balaban J connectivity index is 2.36. The Hall–Kier alpha value is -1.18. The third-order valence-corrected chi connectivity index (χ3v) is 4.96. The van der Waals surface area contributed by atoms with E-state index in [2.05, 4.69) is 23.8 Å². The van der Waals surface area contributed by atoms with Gasteiger partial charge in [0.1, 0.15) is 0 Å². The van der Waals surface area contributed by atoms with Crippen LogP contribution in [0.2, 0.25) is 0 Å². The fourth-order valence-electron chi connectivity index (χ4n) is 2.61. The van der Waals surface area contributed by atoms with E-state index in [-0.39, 0.29) is 16.7 Å². The molecule has 112 valence electrons. The number of aliphatic hydroxyl groups is 1. The normalized spacial score (nSPS) is 22.6. The SMILES string of the molecule is CC1CN(C)CCCN1c1sc([C@H](C)O)cc1[N+](=O)[O-]. The number of nitrogens with zero attached hydrogens (tertiary/aromatic N) is 3. The Morgan fingerprint density at radius 3 is 2.85 bits per heavy atom. The molecule has 1 saturated heterocycles. The molecule has 7 heteroatoms. The smallest absolute Gasteiger partial charge is 0.304 e. The minimum atomic E-state index is -0.669. The van der Waals surface area contributed by atoms with Gasteiger partial charge in [0.25, 0.3) is 0 Å². The molecule has 0 spiro atoms. The molecule has 1 aromatic rings. The van der Waals surface area contributed by atoms with Crippen molar-refractivity contribution in [3.63, 3.8) is 0 Å². The van der Waals surface area contributed by atoms with E-state index in [0.29, 0.717) is 9.88 Å². The van der Waals surface area contributed by atoms with E-state index in [1.54, 1.807) is 6.92 Å². The summed E-state index contributed by atoms with van der Waals surface area (Å²) in [6, 6.07) is 1.73. The van der Waals surface area contributed by atoms with Crippen molar-refractivity contribution in [3.8, 4) is 0 Å². The van der Waals surface area contributed by atoms with Gasteiger partial charge in [-0.3, -0.25) is 10.1 Å². The molecular formula is C13H21N3O3S. The van der Waals surface area contributed by atoms with Crippen molar-refractivity contribution in [1.82, 2.24) is 4.90 Å². The molecular weight excluding hydrogens is 278 g/mol. The van der Waals surface area contributed by atoms with E-state index in [4.69, 9.17) is 0 Å². The number of hydrogen-bond donors (Lipinski definition) is 1. The fourth-order valence-corrected chi connectivity index (χ4v) is 3.80. The second kappa shape index (κ2) is 6.07. The number of likely N-dealkylation sites (N-methyl/N-ethyl adjacent to an activating group) is 1. The number of anilines is 1. The van der Waals surface area contributed by atoms with Crippen LogP contribution < -0.4 is 4.90 Å². The van der Waals surface area contributed by atoms with Gasteiger partial charge in [0.05, 0.1) is 11.0 Å². The third-order valence-electron chi connectivity index (χ3n) is 3.63. The maximum Gasteiger partial charge on any atom is 0.304 e. The van der Waals surface area contributed by atoms with Gasteiger partial charge in [-0.25, -0.2) is 0 Å². The van der Waals surface area contributed by atoms with E-state index in [9.17, 15) is 15.2 Å². The number of thiophene rings is 1. The second-order valence-corrected chi connectivity index (χ2v) is 6.49. The van der Waals surface area contributed by atoms with Crippen LogP contribution in [0.5, 0.6) is 0 Å². The first kappa shape index (κ1) is 15.2. The van der Waals surface area contributed by atoms with Crippen molar-refractivity contribution < 1.29 is 10.0 Å². The van der Waals surface area contributed by atoms with Crippen LogP contribution in [0.25, 0.3) is 0 Å². The van der Waals surface area contributed by atoms with Gasteiger partial charge in [0, 0.05) is 30.1 Å². The van der Waals surface area contributed by atoms with Crippen LogP contribution in [0.15, 0.2) is 6.07 Å². The lowest BCUT2D eigenvalue weighted by Gasteiger charge is -2.28. The number of rotatable bonds is 3. The van der Waals surface area contributed by atoms with Crippen LogP contribution in [0.4, 0.5) is 10.7 Å². The van der Waals surface area contributed by atoms with Crippen molar-refractivity contribution >= 4 is 22.0 Å². The van der Waals surface area contributed by atoms with Gasteiger partial charge in [0.2, 0.25) is 0 Å². The van der Waals surface area contributed by atoms with E-state index >= 15 is 0 Å². The predicted octanol–water partition coefficient (Wildman–Crippen LogP) is 2.24. The maximum atomic E-state index is 11.3. The molecule has 1 fully saturated rings. The van der Waals surface area contributed by atoms with Crippen molar-refractivity contribution in [2.75, 3.05) is 31.6 Å². The molecule has 1 unspecified atom stereocenters. The molecule has 1 aliphatic heterocycles. The molecule has 0 aliphatic carbocycles. The molecule has 1 aliphatic rings. The second-order valence-electron chi connectivity index (χ2n) is 5.43. The quantitative estimate of drug-likeness (QED) is 0.684. The van der Waals surface area contributed by atoms with Crippen molar-refractivity contribution in [2.24, 2.45) is 0 Å². The van der Waals surface area contributed by atoms with Gasteiger partial charge >= 0.3 is 5.69 Å². The Kier molecular flexibility index (Phi) is 4.62. The summed E-state index contributed by atoms with van der Waals surface area (Å²) in [7, 11) is 2.07. The summed E-state index contributed by atoms with van der Waals surface area (Å²) in [5.74, 6) is 0. The van der Waals surface area contributed by atoms with E-state index < -0.39 is 6.10 Å². The van der Waals surface area contributed by atoms with Crippen molar-refractivity contribution in [3.05, 3.63) is 21.1 Å². The average Bonchev–Trinajstić information content (AvgIpc) is 2.72. The Bertz CT molecular complexity index is 489. The van der Waals surface area contributed by atoms with Crippen LogP contribution in [-0.4, -0.2) is 47.7 Å². The summed E-state index contributed by atoms with van der Waals surface area (Å²) in [6.07, 6.45) is 0.317. The maximum absolute atomic E-state index is 11.3. The van der Waals surface area contributed by atoms with E-state index in [1.807, 2.05) is 0 Å². The zero-order valence-electron chi connectivity index (χ0n) is 12.1. The summed E-state index contributed by atoms with van der Waals surface area (Å²) in [5, 5.41) is 21.6. The topological polar surface area (TPSA) is 69.8 Å². The lowest BCUT2D eigenvalue weighted by Crippen LogP contribution is -2.37. The van der Waals surface area contributed by atoms with Crippen molar-refractivity contribution in [1.29, 1.82) is 0 Å². The molecule has 2 atom stereocenters. The van der Waals surface area contributed by atoms with Crippen LogP contribution in [0.3, 0.4) is 0 Å². The summed E-state index contributed by atoms with van der Waals surface area (Å²) in [4.78, 5) is 15.9. The van der Waals surface area contributed by atoms with Gasteiger partial charge in [0.15, 0.2) is 5.00 Å². The van der Waals surface area contributed by atoms with Crippen LogP contribution in [0.1, 0.15) is 31.2 Å². The molecule has 20 heavy (non-hydrogen) atoms. The highest BCUT2D eigenvalue weighted by atomic mass is 32.1. The molecule has 1 aromatic heterocycles. The Morgan fingerprint density at radius 1 is 1.55 bits per heavy atom. The van der Waals surface area contributed by atoms with E-state index in [0.717, 1.165) is 26.1 Å². The highest BCUT2D eigenvalue weighted by Gasteiger charge is 2.29. The van der Waals surface area contributed by atoms with E-state index in [1.165, 1.54) is 17.4 Å². The van der Waals surface area contributed by atoms with Gasteiger partial charge in [-0.2, -0.15) is 0 Å². The lowest BCUT2D eigenvalue weighted by atomic mass is 10.2. The standard InChI is InChI=1S/C13H21N3O3S/c1-9-8-14(3)5-4-6-15(9)13-11(16(18)19)7-12(20-13)10(2)17/h7,9-10,17H,4-6,8H2,1-3H3/t9?,10-/m0/s1. The highest BCUT2D eigenvalue weighted by Crippen LogP contribution is 2.41. The first-order valence-corrected chi connectivity index (χ1v) is 7.63. The molecule has 1 N–H and O–H groups in total. The zero-order valence-corrected chi connectivity index (χ0v) is 12.9. The summed E-state index contributed by atoms with van der Waals surface area (Å²) in [5.41, 5.74) is 0.113. The van der Waals surface area contributed by atoms with Crippen LogP contribution >= 0.6 is 11.3 Å². The zero-order chi connectivity index (χ0) is 14.9. The first-order valence-electron chi connectivity index (χ1n) is 6.81. The van der Waals surface area contributed by atoms with Crippen LogP contribution in [-0.2, 0) is 0 Å². The lowest BCUT2D eigenvalue weighted by molar-refractivity contribution is -0.383. The minimum Gasteiger partial charge on any atom is -0.388 e. The largest absolute Gasteiger partial charge is 0.388 e.